The molecule has 1 atom stereocenters. The van der Waals surface area contributed by atoms with Crippen LogP contribution in [-0.2, 0) is 0 Å². The number of nitrogens with one attached hydrogen (secondary N) is 2. The summed E-state index contributed by atoms with van der Waals surface area (Å²) in [4.78, 5) is 16.5. The first-order chi connectivity index (χ1) is 10.1. The largest absolute Gasteiger partial charge is 0.322 e. The average molecular weight is 301 g/mol. The molecule has 4 N–H and O–H groups in total. The third-order valence-electron chi connectivity index (χ3n) is 3.23. The van der Waals surface area contributed by atoms with Crippen LogP contribution in [0.15, 0.2) is 23.7 Å². The number of carbonyl (C=O) groups excluding carboxylic acids is 1. The number of hydrogen-bond acceptors (Lipinski definition) is 5. The van der Waals surface area contributed by atoms with Gasteiger partial charge in [-0.05, 0) is 25.5 Å². The van der Waals surface area contributed by atoms with Gasteiger partial charge in [0, 0.05) is 10.8 Å². The molecule has 3 rings (SSSR count). The molecule has 0 radical (unpaired) electrons. The maximum atomic E-state index is 12.3. The molecule has 0 fully saturated rings. The predicted molar refractivity (Wildman–Crippen MR) is 83.5 cm³/mol. The molecule has 2 aromatic heterocycles. The number of carbonyl (C=O) groups is 1. The first-order valence-corrected chi connectivity index (χ1v) is 7.39. The summed E-state index contributed by atoms with van der Waals surface area (Å²) in [7, 11) is 0. The minimum atomic E-state index is -0.252. The summed E-state index contributed by atoms with van der Waals surface area (Å²) in [6, 6.07) is 3.63. The molecule has 0 aliphatic heterocycles. The van der Waals surface area contributed by atoms with Gasteiger partial charge in [-0.3, -0.25) is 9.89 Å². The van der Waals surface area contributed by atoms with Crippen LogP contribution in [0, 0.1) is 6.92 Å². The lowest BCUT2D eigenvalue weighted by Crippen LogP contribution is -2.13. The number of nitrogens with zero attached hydrogens (tertiary/aromatic N) is 2. The van der Waals surface area contributed by atoms with E-state index in [9.17, 15) is 4.79 Å². The lowest BCUT2D eigenvalue weighted by molar-refractivity contribution is 0.102. The lowest BCUT2D eigenvalue weighted by Gasteiger charge is -2.06. The van der Waals surface area contributed by atoms with E-state index in [1.54, 1.807) is 11.6 Å². The number of aromatic amines is 1. The predicted octanol–water partition coefficient (Wildman–Crippen LogP) is 2.60. The summed E-state index contributed by atoms with van der Waals surface area (Å²) >= 11 is 1.39. The Morgan fingerprint density at radius 1 is 1.48 bits per heavy atom. The van der Waals surface area contributed by atoms with Crippen molar-refractivity contribution in [1.82, 2.24) is 15.2 Å². The van der Waals surface area contributed by atoms with Gasteiger partial charge < -0.3 is 11.1 Å². The number of aryl methyl sites for hydroxylation is 1. The van der Waals surface area contributed by atoms with Gasteiger partial charge in [0.2, 0.25) is 0 Å². The standard InChI is InChI=1S/C14H15N5OS/c1-7-3-4-10(12-9(7)5-16-19-12)17-13(20)11-6-21-14(18-11)8(2)15/h3-6,8H,15H2,1-2H3,(H,16,19)(H,17,20). The third-order valence-corrected chi connectivity index (χ3v) is 4.27. The number of rotatable bonds is 3. The summed E-state index contributed by atoms with van der Waals surface area (Å²) in [5, 5.41) is 13.2. The number of fused-ring (bicyclic) bond motifs is 1. The maximum Gasteiger partial charge on any atom is 0.275 e. The fraction of sp³-hybridized carbons (Fsp3) is 0.214. The van der Waals surface area contributed by atoms with Gasteiger partial charge >= 0.3 is 0 Å². The summed E-state index contributed by atoms with van der Waals surface area (Å²) in [5.41, 5.74) is 8.74. The van der Waals surface area contributed by atoms with Gasteiger partial charge in [0.05, 0.1) is 23.4 Å². The molecule has 2 heterocycles. The summed E-state index contributed by atoms with van der Waals surface area (Å²) in [5.74, 6) is -0.252. The summed E-state index contributed by atoms with van der Waals surface area (Å²) in [6.45, 7) is 3.84. The molecule has 21 heavy (non-hydrogen) atoms. The van der Waals surface area contributed by atoms with Crippen molar-refractivity contribution >= 4 is 33.8 Å². The number of hydrogen-bond donors (Lipinski definition) is 3. The van der Waals surface area contributed by atoms with Crippen molar-refractivity contribution in [2.24, 2.45) is 5.73 Å². The van der Waals surface area contributed by atoms with Crippen LogP contribution < -0.4 is 11.1 Å². The van der Waals surface area contributed by atoms with Crippen molar-refractivity contribution in [3.05, 3.63) is 40.0 Å². The summed E-state index contributed by atoms with van der Waals surface area (Å²) < 4.78 is 0. The molecule has 0 saturated heterocycles. The van der Waals surface area contributed by atoms with Crippen molar-refractivity contribution in [3.63, 3.8) is 0 Å². The molecule has 1 unspecified atom stereocenters. The van der Waals surface area contributed by atoms with E-state index < -0.39 is 0 Å². The zero-order valence-corrected chi connectivity index (χ0v) is 12.5. The van der Waals surface area contributed by atoms with E-state index >= 15 is 0 Å². The first kappa shape index (κ1) is 13.7. The van der Waals surface area contributed by atoms with Gasteiger partial charge in [-0.1, -0.05) is 6.07 Å². The topological polar surface area (TPSA) is 96.7 Å². The zero-order valence-electron chi connectivity index (χ0n) is 11.7. The van der Waals surface area contributed by atoms with E-state index in [4.69, 9.17) is 5.73 Å². The number of amides is 1. The van der Waals surface area contributed by atoms with Crippen molar-refractivity contribution in [2.45, 2.75) is 19.9 Å². The molecule has 1 amide bonds. The Hall–Kier alpha value is -2.25. The molecule has 0 bridgehead atoms. The fourth-order valence-corrected chi connectivity index (χ4v) is 2.82. The Bertz CT molecular complexity index is 805. The van der Waals surface area contributed by atoms with E-state index in [1.807, 2.05) is 26.0 Å². The zero-order chi connectivity index (χ0) is 15.0. The van der Waals surface area contributed by atoms with Gasteiger partial charge in [0.25, 0.3) is 5.91 Å². The molecular formula is C14H15N5OS. The van der Waals surface area contributed by atoms with Gasteiger partial charge in [-0.15, -0.1) is 11.3 Å². The van der Waals surface area contributed by atoms with Gasteiger partial charge in [-0.2, -0.15) is 5.10 Å². The van der Waals surface area contributed by atoms with Crippen LogP contribution in [0.5, 0.6) is 0 Å². The quantitative estimate of drug-likeness (QED) is 0.692. The van der Waals surface area contributed by atoms with Gasteiger partial charge in [-0.25, -0.2) is 4.98 Å². The molecule has 0 spiro atoms. The Morgan fingerprint density at radius 3 is 3.00 bits per heavy atom. The second-order valence-corrected chi connectivity index (χ2v) is 5.79. The fourth-order valence-electron chi connectivity index (χ4n) is 2.06. The van der Waals surface area contributed by atoms with Crippen LogP contribution >= 0.6 is 11.3 Å². The normalized spacial score (nSPS) is 12.5. The highest BCUT2D eigenvalue weighted by molar-refractivity contribution is 7.09. The van der Waals surface area contributed by atoms with Crippen LogP contribution in [0.1, 0.15) is 34.0 Å². The minimum Gasteiger partial charge on any atom is -0.322 e. The van der Waals surface area contributed by atoms with E-state index in [1.165, 1.54) is 11.3 Å². The Balaban J connectivity index is 1.89. The molecule has 7 heteroatoms. The highest BCUT2D eigenvalue weighted by Gasteiger charge is 2.15. The molecular weight excluding hydrogens is 286 g/mol. The molecule has 108 valence electrons. The second-order valence-electron chi connectivity index (χ2n) is 4.90. The van der Waals surface area contributed by atoms with Crippen molar-refractivity contribution in [2.75, 3.05) is 5.32 Å². The van der Waals surface area contributed by atoms with Crippen LogP contribution in [-0.4, -0.2) is 21.1 Å². The van der Waals surface area contributed by atoms with Crippen molar-refractivity contribution in [1.29, 1.82) is 0 Å². The Kier molecular flexibility index (Phi) is 3.44. The third kappa shape index (κ3) is 2.53. The van der Waals surface area contributed by atoms with E-state index in [-0.39, 0.29) is 11.9 Å². The molecule has 0 aliphatic carbocycles. The maximum absolute atomic E-state index is 12.3. The SMILES string of the molecule is Cc1ccc(NC(=O)c2csc(C(C)N)n2)c2[nH]ncc12. The number of aromatic nitrogens is 3. The van der Waals surface area contributed by atoms with Gasteiger partial charge in [0.1, 0.15) is 10.7 Å². The van der Waals surface area contributed by atoms with E-state index in [0.717, 1.165) is 21.5 Å². The first-order valence-electron chi connectivity index (χ1n) is 6.51. The summed E-state index contributed by atoms with van der Waals surface area (Å²) in [6.07, 6.45) is 1.75. The average Bonchev–Trinajstić information content (AvgIpc) is 3.09. The highest BCUT2D eigenvalue weighted by Crippen LogP contribution is 2.25. The number of benzene rings is 1. The molecule has 0 aliphatic rings. The van der Waals surface area contributed by atoms with Crippen molar-refractivity contribution < 1.29 is 4.79 Å². The smallest absolute Gasteiger partial charge is 0.275 e. The number of nitrogens with two attached hydrogens (primary N) is 1. The number of H-pyrrole nitrogens is 1. The molecule has 3 aromatic rings. The Labute approximate surface area is 125 Å². The Morgan fingerprint density at radius 2 is 2.29 bits per heavy atom. The van der Waals surface area contributed by atoms with E-state index in [0.29, 0.717) is 11.4 Å². The molecule has 1 aromatic carbocycles. The van der Waals surface area contributed by atoms with Crippen LogP contribution in [0.25, 0.3) is 10.9 Å². The monoisotopic (exact) mass is 301 g/mol. The van der Waals surface area contributed by atoms with Gasteiger partial charge in [0.15, 0.2) is 0 Å². The highest BCUT2D eigenvalue weighted by atomic mass is 32.1. The molecule has 0 saturated carbocycles. The van der Waals surface area contributed by atoms with Crippen molar-refractivity contribution in [3.8, 4) is 0 Å². The van der Waals surface area contributed by atoms with Crippen LogP contribution in [0.3, 0.4) is 0 Å². The number of anilines is 1. The molecule has 6 nitrogen and oxygen atoms in total. The van der Waals surface area contributed by atoms with Crippen LogP contribution in [0.4, 0.5) is 5.69 Å². The minimum absolute atomic E-state index is 0.171. The van der Waals surface area contributed by atoms with E-state index in [2.05, 4.69) is 20.5 Å². The lowest BCUT2D eigenvalue weighted by atomic mass is 10.1. The second kappa shape index (κ2) is 5.27. The number of thiazole rings is 1. The van der Waals surface area contributed by atoms with Crippen LogP contribution in [0.2, 0.25) is 0 Å².